The molecule has 3 heterocycles. The van der Waals surface area contributed by atoms with Gasteiger partial charge in [0.25, 0.3) is 5.91 Å². The summed E-state index contributed by atoms with van der Waals surface area (Å²) in [7, 11) is 0. The topological polar surface area (TPSA) is 75.0 Å². The van der Waals surface area contributed by atoms with Crippen LogP contribution in [0.1, 0.15) is 29.0 Å². The van der Waals surface area contributed by atoms with E-state index in [1.165, 1.54) is 6.26 Å². The zero-order valence-corrected chi connectivity index (χ0v) is 14.8. The van der Waals surface area contributed by atoms with Gasteiger partial charge in [0.05, 0.1) is 31.0 Å². The molecule has 0 radical (unpaired) electrons. The van der Waals surface area contributed by atoms with Crippen molar-refractivity contribution in [3.63, 3.8) is 0 Å². The zero-order valence-electron chi connectivity index (χ0n) is 14.8. The number of piperidine rings is 1. The first-order chi connectivity index (χ1) is 12.1. The molecule has 1 aromatic heterocycles. The van der Waals surface area contributed by atoms with Crippen molar-refractivity contribution in [2.75, 3.05) is 52.5 Å². The Bertz CT molecular complexity index is 595. The van der Waals surface area contributed by atoms with Crippen molar-refractivity contribution in [2.45, 2.75) is 19.8 Å². The van der Waals surface area contributed by atoms with Crippen molar-refractivity contribution in [3.8, 4) is 0 Å². The number of rotatable bonds is 5. The fraction of sp³-hybridized carbons (Fsp3) is 0.667. The van der Waals surface area contributed by atoms with E-state index in [0.29, 0.717) is 31.0 Å². The number of morpholine rings is 1. The third-order valence-electron chi connectivity index (χ3n) is 5.00. The molecule has 3 rings (SSSR count). The lowest BCUT2D eigenvalue weighted by Crippen LogP contribution is -2.47. The summed E-state index contributed by atoms with van der Waals surface area (Å²) in [6.07, 6.45) is 3.21. The van der Waals surface area contributed by atoms with Gasteiger partial charge in [0, 0.05) is 39.3 Å². The van der Waals surface area contributed by atoms with Crippen molar-refractivity contribution >= 4 is 11.8 Å². The van der Waals surface area contributed by atoms with E-state index in [0.717, 1.165) is 45.7 Å². The molecule has 2 aliphatic rings. The van der Waals surface area contributed by atoms with Crippen LogP contribution in [0.25, 0.3) is 0 Å². The Morgan fingerprint density at radius 3 is 2.80 bits per heavy atom. The molecule has 0 unspecified atom stereocenters. The molecular formula is C18H27N3O4. The molecule has 1 aromatic rings. The lowest BCUT2D eigenvalue weighted by atomic mass is 9.96. The first-order valence-corrected chi connectivity index (χ1v) is 9.06. The maximum atomic E-state index is 12.6. The lowest BCUT2D eigenvalue weighted by molar-refractivity contribution is -0.126. The van der Waals surface area contributed by atoms with E-state index in [-0.39, 0.29) is 17.7 Å². The molecule has 0 bridgehead atoms. The number of amides is 2. The molecule has 1 N–H and O–H groups in total. The summed E-state index contributed by atoms with van der Waals surface area (Å²) >= 11 is 0. The minimum absolute atomic E-state index is 0.0444. The van der Waals surface area contributed by atoms with Crippen molar-refractivity contribution in [1.82, 2.24) is 15.1 Å². The predicted octanol–water partition coefficient (Wildman–Crippen LogP) is 0.889. The number of carbonyl (C=O) groups excluding carboxylic acids is 2. The maximum Gasteiger partial charge on any atom is 0.257 e. The van der Waals surface area contributed by atoms with Gasteiger partial charge in [-0.1, -0.05) is 0 Å². The van der Waals surface area contributed by atoms with Gasteiger partial charge >= 0.3 is 0 Å². The standard InChI is InChI=1S/C18H27N3O4/c1-14-16(4-10-25-14)18(23)21-6-2-3-15(13-21)17(22)19-5-7-20-8-11-24-12-9-20/h4,10,15H,2-3,5-9,11-13H2,1H3,(H,19,22)/t15-/m0/s1. The van der Waals surface area contributed by atoms with Gasteiger partial charge in [-0.05, 0) is 25.8 Å². The molecule has 0 saturated carbocycles. The molecule has 7 nitrogen and oxygen atoms in total. The Labute approximate surface area is 148 Å². The molecule has 0 aromatic carbocycles. The first-order valence-electron chi connectivity index (χ1n) is 9.06. The van der Waals surface area contributed by atoms with E-state index >= 15 is 0 Å². The Morgan fingerprint density at radius 1 is 1.28 bits per heavy atom. The summed E-state index contributed by atoms with van der Waals surface area (Å²) in [5.41, 5.74) is 0.591. The zero-order chi connectivity index (χ0) is 17.6. The van der Waals surface area contributed by atoms with E-state index in [9.17, 15) is 9.59 Å². The highest BCUT2D eigenvalue weighted by atomic mass is 16.5. The molecule has 0 aliphatic carbocycles. The molecule has 2 saturated heterocycles. The Kier molecular flexibility index (Phi) is 6.09. The SMILES string of the molecule is Cc1occc1C(=O)N1CCC[C@H](C(=O)NCCN2CCOCC2)C1. The average molecular weight is 349 g/mol. The quantitative estimate of drug-likeness (QED) is 0.854. The number of hydrogen-bond donors (Lipinski definition) is 1. The van der Waals surface area contributed by atoms with Gasteiger partial charge in [0.15, 0.2) is 0 Å². The van der Waals surface area contributed by atoms with Gasteiger partial charge in [0.2, 0.25) is 5.91 Å². The second-order valence-electron chi connectivity index (χ2n) is 6.73. The van der Waals surface area contributed by atoms with E-state index < -0.39 is 0 Å². The van der Waals surface area contributed by atoms with Gasteiger partial charge in [-0.15, -0.1) is 0 Å². The highest BCUT2D eigenvalue weighted by Crippen LogP contribution is 2.20. The second-order valence-corrected chi connectivity index (χ2v) is 6.73. The van der Waals surface area contributed by atoms with E-state index in [4.69, 9.17) is 9.15 Å². The summed E-state index contributed by atoms with van der Waals surface area (Å²) in [5.74, 6) is 0.503. The summed E-state index contributed by atoms with van der Waals surface area (Å²) in [6, 6.07) is 1.70. The highest BCUT2D eigenvalue weighted by molar-refractivity contribution is 5.95. The van der Waals surface area contributed by atoms with Crippen LogP contribution in [0.5, 0.6) is 0 Å². The minimum atomic E-state index is -0.130. The van der Waals surface area contributed by atoms with E-state index in [1.54, 1.807) is 17.9 Å². The number of nitrogens with one attached hydrogen (secondary N) is 1. The largest absolute Gasteiger partial charge is 0.469 e. The number of hydrogen-bond acceptors (Lipinski definition) is 5. The van der Waals surface area contributed by atoms with Gasteiger partial charge in [-0.2, -0.15) is 0 Å². The van der Waals surface area contributed by atoms with Crippen LogP contribution >= 0.6 is 0 Å². The lowest BCUT2D eigenvalue weighted by Gasteiger charge is -2.32. The molecule has 2 aliphatic heterocycles. The molecule has 2 fully saturated rings. The fourth-order valence-electron chi connectivity index (χ4n) is 3.46. The molecule has 25 heavy (non-hydrogen) atoms. The number of furan rings is 1. The summed E-state index contributed by atoms with van der Waals surface area (Å²) in [4.78, 5) is 29.1. The summed E-state index contributed by atoms with van der Waals surface area (Å²) < 4.78 is 10.5. The average Bonchev–Trinajstić information content (AvgIpc) is 3.08. The summed E-state index contributed by atoms with van der Waals surface area (Å²) in [5, 5.41) is 3.03. The van der Waals surface area contributed by atoms with Crippen LogP contribution in [-0.2, 0) is 9.53 Å². The van der Waals surface area contributed by atoms with Crippen molar-refractivity contribution < 1.29 is 18.7 Å². The second kappa shape index (κ2) is 8.49. The number of aryl methyl sites for hydroxylation is 1. The monoisotopic (exact) mass is 349 g/mol. The van der Waals surface area contributed by atoms with Crippen molar-refractivity contribution in [3.05, 3.63) is 23.7 Å². The summed E-state index contributed by atoms with van der Waals surface area (Å²) in [6.45, 7) is 7.82. The smallest absolute Gasteiger partial charge is 0.257 e. The number of ether oxygens (including phenoxy) is 1. The van der Waals surface area contributed by atoms with Crippen LogP contribution in [-0.4, -0.2) is 74.1 Å². The Balaban J connectivity index is 1.46. The normalized spacial score (nSPS) is 22.0. The van der Waals surface area contributed by atoms with Crippen LogP contribution in [0.4, 0.5) is 0 Å². The molecule has 138 valence electrons. The van der Waals surface area contributed by atoms with Gasteiger partial charge in [0.1, 0.15) is 5.76 Å². The number of likely N-dealkylation sites (tertiary alicyclic amines) is 1. The van der Waals surface area contributed by atoms with Crippen LogP contribution in [0.15, 0.2) is 16.7 Å². The van der Waals surface area contributed by atoms with E-state index in [1.807, 2.05) is 0 Å². The van der Waals surface area contributed by atoms with Crippen LogP contribution in [0.3, 0.4) is 0 Å². The van der Waals surface area contributed by atoms with E-state index in [2.05, 4.69) is 10.2 Å². The first kappa shape index (κ1) is 17.9. The number of nitrogens with zero attached hydrogens (tertiary/aromatic N) is 2. The fourth-order valence-corrected chi connectivity index (χ4v) is 3.46. The molecule has 1 atom stereocenters. The molecule has 7 heteroatoms. The van der Waals surface area contributed by atoms with Crippen LogP contribution in [0, 0.1) is 12.8 Å². The Morgan fingerprint density at radius 2 is 2.08 bits per heavy atom. The van der Waals surface area contributed by atoms with Crippen molar-refractivity contribution in [1.29, 1.82) is 0 Å². The van der Waals surface area contributed by atoms with Gasteiger partial charge in [-0.25, -0.2) is 0 Å². The van der Waals surface area contributed by atoms with Crippen molar-refractivity contribution in [2.24, 2.45) is 5.92 Å². The highest BCUT2D eigenvalue weighted by Gasteiger charge is 2.29. The maximum absolute atomic E-state index is 12.6. The molecule has 0 spiro atoms. The number of carbonyl (C=O) groups is 2. The third kappa shape index (κ3) is 4.61. The predicted molar refractivity (Wildman–Crippen MR) is 92.3 cm³/mol. The third-order valence-corrected chi connectivity index (χ3v) is 5.00. The molecular weight excluding hydrogens is 322 g/mol. The van der Waals surface area contributed by atoms with Gasteiger partial charge < -0.3 is 19.4 Å². The Hall–Kier alpha value is -1.86. The van der Waals surface area contributed by atoms with Gasteiger partial charge in [-0.3, -0.25) is 14.5 Å². The van der Waals surface area contributed by atoms with Crippen LogP contribution in [0.2, 0.25) is 0 Å². The molecule has 2 amide bonds. The van der Waals surface area contributed by atoms with Crippen LogP contribution < -0.4 is 5.32 Å². The minimum Gasteiger partial charge on any atom is -0.469 e.